The van der Waals surface area contributed by atoms with E-state index >= 15 is 0 Å². The highest BCUT2D eigenvalue weighted by Gasteiger charge is 2.24. The summed E-state index contributed by atoms with van der Waals surface area (Å²) in [6.45, 7) is 4.02. The van der Waals surface area contributed by atoms with Crippen LogP contribution < -0.4 is 10.1 Å². The molecule has 1 atom stereocenters. The monoisotopic (exact) mass is 435 g/mol. The first-order valence-corrected chi connectivity index (χ1v) is 11.7. The van der Waals surface area contributed by atoms with E-state index < -0.39 is 0 Å². The fourth-order valence-corrected chi connectivity index (χ4v) is 4.71. The van der Waals surface area contributed by atoms with Gasteiger partial charge in [0.25, 0.3) is 5.91 Å². The number of ether oxygens (including phenoxy) is 1. The van der Waals surface area contributed by atoms with Crippen molar-refractivity contribution in [3.63, 3.8) is 0 Å². The first-order valence-electron chi connectivity index (χ1n) is 11.7. The molecule has 0 aliphatic carbocycles. The summed E-state index contributed by atoms with van der Waals surface area (Å²) < 4.78 is 5.31. The number of likely N-dealkylation sites (tertiary alicyclic amines) is 2. The van der Waals surface area contributed by atoms with Crippen LogP contribution in [-0.2, 0) is 11.3 Å². The molecule has 6 nitrogen and oxygen atoms in total. The van der Waals surface area contributed by atoms with Crippen LogP contribution >= 0.6 is 0 Å². The molecule has 2 aromatic rings. The van der Waals surface area contributed by atoms with Crippen molar-refractivity contribution in [2.75, 3.05) is 33.3 Å². The third-order valence-corrected chi connectivity index (χ3v) is 6.52. The third kappa shape index (κ3) is 5.49. The Morgan fingerprint density at radius 3 is 2.50 bits per heavy atom. The van der Waals surface area contributed by atoms with E-state index in [9.17, 15) is 9.59 Å². The molecule has 2 aliphatic rings. The quantitative estimate of drug-likeness (QED) is 0.686. The first kappa shape index (κ1) is 22.3. The summed E-state index contributed by atoms with van der Waals surface area (Å²) in [6.07, 6.45) is 5.20. The molecule has 2 amide bonds. The van der Waals surface area contributed by atoms with Crippen LogP contribution in [0.5, 0.6) is 5.75 Å². The number of methoxy groups -OCH3 is 1. The molecule has 170 valence electrons. The normalized spacial score (nSPS) is 17.9. The molecule has 4 rings (SSSR count). The zero-order valence-corrected chi connectivity index (χ0v) is 18.9. The maximum atomic E-state index is 13.0. The molecule has 0 radical (unpaired) electrons. The Morgan fingerprint density at radius 2 is 1.81 bits per heavy atom. The fourth-order valence-electron chi connectivity index (χ4n) is 4.71. The van der Waals surface area contributed by atoms with Gasteiger partial charge in [0.15, 0.2) is 0 Å². The van der Waals surface area contributed by atoms with Crippen LogP contribution in [0.3, 0.4) is 0 Å². The number of nitrogens with zero attached hydrogens (tertiary/aromatic N) is 2. The summed E-state index contributed by atoms with van der Waals surface area (Å²) in [7, 11) is 1.67. The van der Waals surface area contributed by atoms with E-state index in [1.165, 1.54) is 24.8 Å². The second kappa shape index (κ2) is 10.6. The largest absolute Gasteiger partial charge is 0.497 e. The average Bonchev–Trinajstić information content (AvgIpc) is 3.24. The van der Waals surface area contributed by atoms with E-state index in [0.717, 1.165) is 37.4 Å². The Labute approximate surface area is 190 Å². The van der Waals surface area contributed by atoms with Gasteiger partial charge in [0.1, 0.15) is 5.75 Å². The Balaban J connectivity index is 1.43. The summed E-state index contributed by atoms with van der Waals surface area (Å²) in [5, 5.41) is 3.16. The fraction of sp³-hybridized carbons (Fsp3) is 0.462. The Kier molecular flexibility index (Phi) is 7.43. The van der Waals surface area contributed by atoms with Gasteiger partial charge in [-0.1, -0.05) is 30.7 Å². The first-order chi connectivity index (χ1) is 15.6. The second-order valence-electron chi connectivity index (χ2n) is 8.71. The van der Waals surface area contributed by atoms with Gasteiger partial charge < -0.3 is 15.0 Å². The van der Waals surface area contributed by atoms with Gasteiger partial charge >= 0.3 is 0 Å². The molecule has 2 aromatic carbocycles. The minimum absolute atomic E-state index is 0.0740. The summed E-state index contributed by atoms with van der Waals surface area (Å²) in [5.74, 6) is 0.960. The highest BCUT2D eigenvalue weighted by atomic mass is 16.5. The van der Waals surface area contributed by atoms with Gasteiger partial charge in [-0.25, -0.2) is 0 Å². The molecule has 2 aliphatic heterocycles. The van der Waals surface area contributed by atoms with Crippen molar-refractivity contribution in [3.8, 4) is 5.75 Å². The van der Waals surface area contributed by atoms with Crippen molar-refractivity contribution >= 4 is 11.8 Å². The van der Waals surface area contributed by atoms with Gasteiger partial charge in [0.05, 0.1) is 13.2 Å². The Hall–Kier alpha value is -2.86. The number of hydrogen-bond acceptors (Lipinski definition) is 4. The lowest BCUT2D eigenvalue weighted by Gasteiger charge is -2.35. The molecule has 2 heterocycles. The van der Waals surface area contributed by atoms with E-state index in [0.29, 0.717) is 25.1 Å². The second-order valence-corrected chi connectivity index (χ2v) is 8.71. The molecule has 0 spiro atoms. The molecule has 1 N–H and O–H groups in total. The third-order valence-electron chi connectivity index (χ3n) is 6.52. The number of amides is 2. The predicted octanol–water partition coefficient (Wildman–Crippen LogP) is 3.77. The Bertz CT molecular complexity index is 922. The van der Waals surface area contributed by atoms with Crippen LogP contribution in [0.25, 0.3) is 0 Å². The van der Waals surface area contributed by atoms with Gasteiger partial charge in [-0.05, 0) is 67.7 Å². The van der Waals surface area contributed by atoms with E-state index in [4.69, 9.17) is 4.74 Å². The van der Waals surface area contributed by atoms with Crippen LogP contribution in [0, 0.1) is 0 Å². The number of hydrogen-bond donors (Lipinski definition) is 1. The maximum Gasteiger partial charge on any atom is 0.251 e. The van der Waals surface area contributed by atoms with Crippen molar-refractivity contribution < 1.29 is 14.3 Å². The standard InChI is InChI=1S/C26H33N3O3/c1-32-23-12-10-21(11-13-23)24(28-14-3-2-4-15-28)18-27-26(31)22-8-5-7-20(17-22)19-29-16-6-9-25(29)30/h5,7-8,10-13,17,24H,2-4,6,9,14-16,18-19H2,1H3,(H,27,31)/t24-/m1/s1. The lowest BCUT2D eigenvalue weighted by molar-refractivity contribution is -0.128. The van der Waals surface area contributed by atoms with Gasteiger partial charge in [-0.15, -0.1) is 0 Å². The summed E-state index contributed by atoms with van der Waals surface area (Å²) in [5.41, 5.74) is 2.83. The van der Waals surface area contributed by atoms with E-state index in [1.807, 2.05) is 41.3 Å². The van der Waals surface area contributed by atoms with Crippen LogP contribution in [0.4, 0.5) is 0 Å². The topological polar surface area (TPSA) is 61.9 Å². The van der Waals surface area contributed by atoms with E-state index in [2.05, 4.69) is 22.3 Å². The van der Waals surface area contributed by atoms with Crippen molar-refractivity contribution in [2.24, 2.45) is 0 Å². The smallest absolute Gasteiger partial charge is 0.251 e. The number of rotatable bonds is 8. The number of piperidine rings is 1. The molecule has 0 saturated carbocycles. The Morgan fingerprint density at radius 1 is 1.03 bits per heavy atom. The van der Waals surface area contributed by atoms with Crippen molar-refractivity contribution in [1.82, 2.24) is 15.1 Å². The number of benzene rings is 2. The minimum Gasteiger partial charge on any atom is -0.497 e. The number of nitrogens with one attached hydrogen (secondary N) is 1. The molecular weight excluding hydrogens is 402 g/mol. The summed E-state index contributed by atoms with van der Waals surface area (Å²) in [6, 6.07) is 15.9. The molecule has 2 saturated heterocycles. The zero-order valence-electron chi connectivity index (χ0n) is 18.9. The number of carbonyl (C=O) groups is 2. The molecule has 0 unspecified atom stereocenters. The predicted molar refractivity (Wildman–Crippen MR) is 125 cm³/mol. The van der Waals surface area contributed by atoms with Gasteiger partial charge in [-0.3, -0.25) is 14.5 Å². The summed E-state index contributed by atoms with van der Waals surface area (Å²) in [4.78, 5) is 29.3. The number of carbonyl (C=O) groups excluding carboxylic acids is 2. The van der Waals surface area contributed by atoms with Crippen LogP contribution in [-0.4, -0.2) is 54.9 Å². The van der Waals surface area contributed by atoms with Crippen molar-refractivity contribution in [2.45, 2.75) is 44.7 Å². The van der Waals surface area contributed by atoms with Gasteiger partial charge in [-0.2, -0.15) is 0 Å². The van der Waals surface area contributed by atoms with Gasteiger partial charge in [0.2, 0.25) is 5.91 Å². The lowest BCUT2D eigenvalue weighted by Crippen LogP contribution is -2.40. The molecule has 2 fully saturated rings. The van der Waals surface area contributed by atoms with Crippen molar-refractivity contribution in [1.29, 1.82) is 0 Å². The SMILES string of the molecule is COc1ccc([C@@H](CNC(=O)c2cccc(CN3CCCC3=O)c2)N2CCCCC2)cc1. The van der Waals surface area contributed by atoms with E-state index in [-0.39, 0.29) is 17.9 Å². The minimum atomic E-state index is -0.0740. The van der Waals surface area contributed by atoms with Gasteiger partial charge in [0, 0.05) is 31.6 Å². The lowest BCUT2D eigenvalue weighted by atomic mass is 10.0. The molecule has 6 heteroatoms. The van der Waals surface area contributed by atoms with Crippen LogP contribution in [0.15, 0.2) is 48.5 Å². The van der Waals surface area contributed by atoms with Crippen molar-refractivity contribution in [3.05, 3.63) is 65.2 Å². The highest BCUT2D eigenvalue weighted by molar-refractivity contribution is 5.94. The average molecular weight is 436 g/mol. The maximum absolute atomic E-state index is 13.0. The summed E-state index contributed by atoms with van der Waals surface area (Å²) >= 11 is 0. The van der Waals surface area contributed by atoms with E-state index in [1.54, 1.807) is 7.11 Å². The molecule has 0 bridgehead atoms. The van der Waals surface area contributed by atoms with Crippen LogP contribution in [0.2, 0.25) is 0 Å². The molecular formula is C26H33N3O3. The highest BCUT2D eigenvalue weighted by Crippen LogP contribution is 2.26. The molecule has 32 heavy (non-hydrogen) atoms. The zero-order chi connectivity index (χ0) is 22.3. The molecule has 0 aromatic heterocycles. The van der Waals surface area contributed by atoms with Crippen LogP contribution in [0.1, 0.15) is 59.6 Å².